The van der Waals surface area contributed by atoms with Gasteiger partial charge in [-0.1, -0.05) is 6.07 Å². The molecule has 10 nitrogen and oxygen atoms in total. The van der Waals surface area contributed by atoms with Gasteiger partial charge in [-0.05, 0) is 49.7 Å². The minimum Gasteiger partial charge on any atom is -0.508 e. The van der Waals surface area contributed by atoms with Crippen molar-refractivity contribution in [3.63, 3.8) is 0 Å². The van der Waals surface area contributed by atoms with Crippen molar-refractivity contribution in [2.75, 3.05) is 37.6 Å². The molecule has 0 amide bonds. The van der Waals surface area contributed by atoms with Crippen LogP contribution < -0.4 is 20.5 Å². The van der Waals surface area contributed by atoms with Gasteiger partial charge in [-0.25, -0.2) is 13.2 Å². The molecule has 43 heavy (non-hydrogen) atoms. The third-order valence-electron chi connectivity index (χ3n) is 8.95. The van der Waals surface area contributed by atoms with E-state index in [2.05, 4.69) is 20.4 Å². The molecule has 8 rings (SSSR count). The highest BCUT2D eigenvalue weighted by Gasteiger charge is 2.49. The zero-order chi connectivity index (χ0) is 33.0. The van der Waals surface area contributed by atoms with E-state index in [1.54, 1.807) is 0 Å². The van der Waals surface area contributed by atoms with Crippen LogP contribution in [0.5, 0.6) is 11.8 Å². The number of rotatable bonds is 5. The van der Waals surface area contributed by atoms with Crippen LogP contribution in [0, 0.1) is 11.6 Å². The van der Waals surface area contributed by atoms with E-state index in [-0.39, 0.29) is 76.8 Å². The lowest BCUT2D eigenvalue weighted by molar-refractivity contribution is 0.107. The van der Waals surface area contributed by atoms with Crippen LogP contribution in [0.2, 0.25) is 0 Å². The van der Waals surface area contributed by atoms with Crippen LogP contribution >= 0.6 is 0 Å². The topological polar surface area (TPSA) is 109 Å². The molecule has 6 heterocycles. The van der Waals surface area contributed by atoms with Crippen LogP contribution in [0.3, 0.4) is 0 Å². The Bertz CT molecular complexity index is 2010. The molecule has 4 atom stereocenters. The number of nitrogens with zero attached hydrogens (tertiary/aromatic N) is 6. The van der Waals surface area contributed by atoms with E-state index >= 15 is 4.39 Å². The van der Waals surface area contributed by atoms with Gasteiger partial charge >= 0.3 is 6.01 Å². The summed E-state index contributed by atoms with van der Waals surface area (Å²) in [5.41, 5.74) is -3.05. The van der Waals surface area contributed by atoms with Gasteiger partial charge in [-0.3, -0.25) is 9.69 Å². The van der Waals surface area contributed by atoms with Crippen molar-refractivity contribution in [2.24, 2.45) is 0 Å². The minimum absolute atomic E-state index is 0.0154. The van der Waals surface area contributed by atoms with E-state index in [4.69, 9.17) is 10.2 Å². The van der Waals surface area contributed by atoms with Gasteiger partial charge in [0.2, 0.25) is 0 Å². The summed E-state index contributed by atoms with van der Waals surface area (Å²) in [5.74, 6) is -2.49. The molecule has 4 fully saturated rings. The average molecular weight is 598 g/mol. The van der Waals surface area contributed by atoms with Gasteiger partial charge in [0.25, 0.3) is 5.56 Å². The highest BCUT2D eigenvalue weighted by Crippen LogP contribution is 2.40. The predicted octanol–water partition coefficient (Wildman–Crippen LogP) is 3.21. The summed E-state index contributed by atoms with van der Waals surface area (Å²) in [6.45, 7) is -3.90. The monoisotopic (exact) mass is 597 g/mol. The van der Waals surface area contributed by atoms with Gasteiger partial charge in [-0.2, -0.15) is 19.7 Å². The predicted molar refractivity (Wildman–Crippen MR) is 153 cm³/mol. The Morgan fingerprint density at radius 1 is 1.19 bits per heavy atom. The Morgan fingerprint density at radius 2 is 2.00 bits per heavy atom. The van der Waals surface area contributed by atoms with E-state index in [1.807, 2.05) is 4.90 Å². The van der Waals surface area contributed by atoms with Crippen molar-refractivity contribution in [1.82, 2.24) is 30.0 Å². The number of hydrogen-bond donors (Lipinski definition) is 2. The Kier molecular flexibility index (Phi) is 5.13. The minimum atomic E-state index is -2.68. The molecule has 0 unspecified atom stereocenters. The smallest absolute Gasteiger partial charge is 0.319 e. The molecule has 4 aliphatic rings. The number of fused-ring (bicyclic) bond motifs is 5. The molecule has 4 aliphatic heterocycles. The molecule has 224 valence electrons. The molecule has 2 aromatic carbocycles. The number of benzene rings is 2. The highest BCUT2D eigenvalue weighted by atomic mass is 19.2. The first kappa shape index (κ1) is 22.6. The summed E-state index contributed by atoms with van der Waals surface area (Å²) in [4.78, 5) is 26.1. The molecule has 2 bridgehead atoms. The molecule has 2 aromatic heterocycles. The van der Waals surface area contributed by atoms with Gasteiger partial charge in [0.05, 0.1) is 25.6 Å². The van der Waals surface area contributed by atoms with Crippen molar-refractivity contribution >= 4 is 27.5 Å². The summed E-state index contributed by atoms with van der Waals surface area (Å²) in [7, 11) is 0. The first-order valence-electron chi connectivity index (χ1n) is 16.3. The molecular weight excluding hydrogens is 563 g/mol. The molecule has 2 N–H and O–H groups in total. The number of phenols is 1. The van der Waals surface area contributed by atoms with Gasteiger partial charge in [0.1, 0.15) is 29.8 Å². The summed E-state index contributed by atoms with van der Waals surface area (Å²) in [6, 6.07) is 4.22. The second-order valence-corrected chi connectivity index (χ2v) is 11.7. The Balaban J connectivity index is 1.30. The zero-order valence-electron chi connectivity index (χ0n) is 26.9. The first-order chi connectivity index (χ1) is 22.3. The Hall–Kier alpha value is -3.97. The second kappa shape index (κ2) is 9.78. The van der Waals surface area contributed by atoms with E-state index in [1.165, 1.54) is 23.2 Å². The number of aromatic hydroxyl groups is 1. The van der Waals surface area contributed by atoms with Crippen molar-refractivity contribution in [1.29, 1.82) is 0 Å². The molecule has 4 aromatic rings. The van der Waals surface area contributed by atoms with Crippen LogP contribution in [0.1, 0.15) is 37.6 Å². The molecule has 0 radical (unpaired) electrons. The molecule has 0 saturated carbocycles. The van der Waals surface area contributed by atoms with Crippen LogP contribution in [-0.4, -0.2) is 86.2 Å². The maximum Gasteiger partial charge on any atom is 0.319 e. The van der Waals surface area contributed by atoms with Crippen LogP contribution in [0.4, 0.5) is 19.0 Å². The largest absolute Gasteiger partial charge is 0.508 e. The average Bonchev–Trinajstić information content (AvgIpc) is 3.64. The molecule has 13 heteroatoms. The Morgan fingerprint density at radius 3 is 2.81 bits per heavy atom. The number of ether oxygens (including phenoxy) is 1. The molecule has 0 spiro atoms. The van der Waals surface area contributed by atoms with Gasteiger partial charge < -0.3 is 20.1 Å². The molecular formula is C30H30F3N7O3. The lowest BCUT2D eigenvalue weighted by atomic mass is 9.95. The molecule has 4 saturated heterocycles. The lowest BCUT2D eigenvalue weighted by Gasteiger charge is -2.34. The first-order valence-corrected chi connectivity index (χ1v) is 14.3. The summed E-state index contributed by atoms with van der Waals surface area (Å²) in [5, 5.41) is 18.2. The maximum atomic E-state index is 15.1. The van der Waals surface area contributed by atoms with Crippen LogP contribution in [0.15, 0.2) is 35.3 Å². The summed E-state index contributed by atoms with van der Waals surface area (Å²) in [6.07, 6.45) is 1.34. The normalized spacial score (nSPS) is 29.8. The van der Waals surface area contributed by atoms with Crippen molar-refractivity contribution in [3.05, 3.63) is 52.5 Å². The number of hydrogen-bond acceptors (Lipinski definition) is 9. The zero-order valence-corrected chi connectivity index (χ0v) is 22.9. The second-order valence-electron chi connectivity index (χ2n) is 11.7. The maximum absolute atomic E-state index is 15.1. The lowest BCUT2D eigenvalue weighted by Crippen LogP contribution is -2.51. The van der Waals surface area contributed by atoms with Crippen LogP contribution in [-0.2, 0) is 0 Å². The van der Waals surface area contributed by atoms with Gasteiger partial charge in [-0.15, -0.1) is 0 Å². The number of nitrogens with one attached hydrogen (secondary N) is 1. The van der Waals surface area contributed by atoms with E-state index in [9.17, 15) is 18.7 Å². The number of halogens is 3. The van der Waals surface area contributed by atoms with E-state index in [0.29, 0.717) is 13.1 Å². The van der Waals surface area contributed by atoms with E-state index in [0.717, 1.165) is 29.7 Å². The van der Waals surface area contributed by atoms with Crippen molar-refractivity contribution < 1.29 is 28.5 Å². The van der Waals surface area contributed by atoms with Gasteiger partial charge in [0.15, 0.2) is 11.6 Å². The number of alkyl halides is 1. The standard InChI is InChI=1S/C30H30F3N7O3/c31-17-10-30(6-1-7-39(30)12-17)15-43-29-36-26-21(27(37-29)38-13-18-3-4-19(14-38)35-18)11-34-40(28(26)42)23-9-20(41)8-16-2-5-22(32)25(33)24(16)23/h2,5,8-9,11,17-19,35,41H,1,3-4,6-7,10,12-15H2/t17-,18-,19+,30+/m1/s1/i7D2,15D2. The van der Waals surface area contributed by atoms with Gasteiger partial charge in [0, 0.05) is 52.3 Å². The molecule has 0 aliphatic carbocycles. The van der Waals surface area contributed by atoms with Crippen LogP contribution in [0.25, 0.3) is 27.4 Å². The third kappa shape index (κ3) is 4.31. The highest BCUT2D eigenvalue weighted by molar-refractivity contribution is 5.93. The number of aromatic nitrogens is 4. The third-order valence-corrected chi connectivity index (χ3v) is 8.95. The number of anilines is 1. The van der Waals surface area contributed by atoms with Crippen molar-refractivity contribution in [3.8, 4) is 17.4 Å². The Labute approximate surface area is 249 Å². The quantitative estimate of drug-likeness (QED) is 0.359. The SMILES string of the molecule is [2H]C1([2H])CC[C@@]2(C([2H])([2H])Oc3nc(N4C[C@H]5CC[C@@H](C4)N5)c4cnn(-c5cc(O)cc6ccc(F)c(F)c56)c(=O)c4n3)C[C@@H](F)CN12. The van der Waals surface area contributed by atoms with Crippen molar-refractivity contribution in [2.45, 2.75) is 55.9 Å². The number of piperazine rings is 1. The fraction of sp³-hybridized carbons (Fsp3) is 0.467. The number of phenolic OH excluding ortho intramolecular Hbond substituents is 1. The summed E-state index contributed by atoms with van der Waals surface area (Å²) < 4.78 is 85.6. The van der Waals surface area contributed by atoms with E-state index < -0.39 is 48.0 Å². The fourth-order valence-electron chi connectivity index (χ4n) is 7.00. The summed E-state index contributed by atoms with van der Waals surface area (Å²) >= 11 is 0. The fourth-order valence-corrected chi connectivity index (χ4v) is 7.00.